The van der Waals surface area contributed by atoms with Gasteiger partial charge in [0.15, 0.2) is 5.78 Å². The van der Waals surface area contributed by atoms with Crippen molar-refractivity contribution < 1.29 is 24.3 Å². The molecule has 0 aliphatic heterocycles. The van der Waals surface area contributed by atoms with E-state index in [4.69, 9.17) is 9.57 Å². The van der Waals surface area contributed by atoms with Crippen molar-refractivity contribution in [3.63, 3.8) is 0 Å². The van der Waals surface area contributed by atoms with Crippen LogP contribution in [-0.2, 0) is 19.2 Å². The number of oxime groups is 1. The van der Waals surface area contributed by atoms with Crippen molar-refractivity contribution in [1.82, 2.24) is 0 Å². The Labute approximate surface area is 136 Å². The maximum absolute atomic E-state index is 12.5. The molecule has 0 saturated carbocycles. The Hall–Kier alpha value is -2.11. The summed E-state index contributed by atoms with van der Waals surface area (Å²) in [5.41, 5.74) is -0.302. The predicted molar refractivity (Wildman–Crippen MR) is 87.1 cm³/mol. The first-order valence-corrected chi connectivity index (χ1v) is 7.64. The van der Waals surface area contributed by atoms with Gasteiger partial charge in [0.1, 0.15) is 18.3 Å². The number of hydrogen-bond acceptors (Lipinski definition) is 6. The minimum atomic E-state index is -0.901. The highest BCUT2D eigenvalue weighted by molar-refractivity contribution is 6.23. The second-order valence-corrected chi connectivity index (χ2v) is 6.18. The van der Waals surface area contributed by atoms with Crippen LogP contribution in [0, 0.1) is 11.3 Å². The Bertz CT molecular complexity index is 545. The monoisotopic (exact) mass is 323 g/mol. The summed E-state index contributed by atoms with van der Waals surface area (Å²) >= 11 is 0. The van der Waals surface area contributed by atoms with E-state index in [1.807, 2.05) is 6.92 Å². The number of carbonyl (C=O) groups is 2. The minimum Gasteiger partial charge on any atom is -0.511 e. The summed E-state index contributed by atoms with van der Waals surface area (Å²) < 4.78 is 4.79. The van der Waals surface area contributed by atoms with Gasteiger partial charge in [-0.3, -0.25) is 9.59 Å². The molecule has 0 fully saturated rings. The minimum absolute atomic E-state index is 0.0747. The van der Waals surface area contributed by atoms with E-state index < -0.39 is 17.3 Å². The Morgan fingerprint density at radius 1 is 1.52 bits per heavy atom. The van der Waals surface area contributed by atoms with Crippen molar-refractivity contribution in [2.45, 2.75) is 40.0 Å². The summed E-state index contributed by atoms with van der Waals surface area (Å²) in [4.78, 5) is 29.7. The average molecular weight is 323 g/mol. The third-order valence-electron chi connectivity index (χ3n) is 3.79. The van der Waals surface area contributed by atoms with Gasteiger partial charge in [0.05, 0.1) is 18.4 Å². The molecule has 0 unspecified atom stereocenters. The first kappa shape index (κ1) is 18.9. The zero-order valence-electron chi connectivity index (χ0n) is 14.2. The molecule has 1 aliphatic carbocycles. The molecule has 0 spiro atoms. The van der Waals surface area contributed by atoms with Gasteiger partial charge in [-0.2, -0.15) is 0 Å². The van der Waals surface area contributed by atoms with E-state index in [1.54, 1.807) is 13.8 Å². The number of ether oxygens (including phenoxy) is 1. The van der Waals surface area contributed by atoms with E-state index in [2.05, 4.69) is 11.7 Å². The Morgan fingerprint density at radius 2 is 2.17 bits per heavy atom. The Kier molecular flexibility index (Phi) is 6.54. The van der Waals surface area contributed by atoms with Crippen molar-refractivity contribution in [1.29, 1.82) is 0 Å². The van der Waals surface area contributed by atoms with E-state index in [0.717, 1.165) is 0 Å². The molecule has 0 bridgehead atoms. The molecule has 23 heavy (non-hydrogen) atoms. The number of ketones is 1. The molecule has 0 heterocycles. The molecule has 0 radical (unpaired) electrons. The van der Waals surface area contributed by atoms with Crippen molar-refractivity contribution in [2.75, 3.05) is 13.7 Å². The van der Waals surface area contributed by atoms with Crippen LogP contribution in [0.4, 0.5) is 0 Å². The van der Waals surface area contributed by atoms with E-state index in [0.29, 0.717) is 18.6 Å². The fraction of sp³-hybridized carbons (Fsp3) is 0.588. The second-order valence-electron chi connectivity index (χ2n) is 6.18. The highest BCUT2D eigenvalue weighted by Gasteiger charge is 2.47. The number of Topliss-reactive ketones (excluding diaryl/α,β-unsaturated/α-hetero) is 1. The van der Waals surface area contributed by atoms with Crippen molar-refractivity contribution >= 4 is 17.5 Å². The van der Waals surface area contributed by atoms with Gasteiger partial charge in [-0.1, -0.05) is 45.0 Å². The number of allylic oxidation sites excluding steroid dienone is 1. The zero-order chi connectivity index (χ0) is 17.6. The average Bonchev–Trinajstić information content (AvgIpc) is 2.45. The van der Waals surface area contributed by atoms with Gasteiger partial charge in [-0.25, -0.2) is 0 Å². The first-order chi connectivity index (χ1) is 10.8. The normalized spacial score (nSPS) is 21.1. The molecule has 0 aromatic heterocycles. The van der Waals surface area contributed by atoms with Gasteiger partial charge in [-0.15, -0.1) is 0 Å². The Balaban J connectivity index is 3.37. The molecule has 1 rings (SSSR count). The molecule has 1 N–H and O–H groups in total. The number of esters is 1. The fourth-order valence-electron chi connectivity index (χ4n) is 2.74. The van der Waals surface area contributed by atoms with Crippen molar-refractivity contribution in [3.8, 4) is 0 Å². The van der Waals surface area contributed by atoms with Crippen LogP contribution in [-0.4, -0.2) is 36.3 Å². The van der Waals surface area contributed by atoms with Crippen molar-refractivity contribution in [2.24, 2.45) is 16.5 Å². The van der Waals surface area contributed by atoms with Crippen LogP contribution in [0.1, 0.15) is 40.0 Å². The van der Waals surface area contributed by atoms with Gasteiger partial charge in [0.2, 0.25) is 0 Å². The highest BCUT2D eigenvalue weighted by atomic mass is 16.6. The second kappa shape index (κ2) is 7.94. The molecule has 128 valence electrons. The number of aliphatic hydroxyl groups is 1. The summed E-state index contributed by atoms with van der Waals surface area (Å²) in [6.45, 7) is 9.16. The summed E-state index contributed by atoms with van der Waals surface area (Å²) in [6.07, 6.45) is 2.82. The van der Waals surface area contributed by atoms with Crippen LogP contribution in [0.3, 0.4) is 0 Å². The summed E-state index contributed by atoms with van der Waals surface area (Å²) in [5, 5.41) is 14.5. The number of nitrogens with zero attached hydrogens (tertiary/aromatic N) is 1. The fourth-order valence-corrected chi connectivity index (χ4v) is 2.74. The molecular weight excluding hydrogens is 298 g/mol. The molecular formula is C17H25NO5. The number of carbonyl (C=O) groups excluding carboxylic acids is 2. The van der Waals surface area contributed by atoms with E-state index in [-0.39, 0.29) is 30.1 Å². The lowest BCUT2D eigenvalue weighted by Gasteiger charge is -2.36. The molecule has 6 nitrogen and oxygen atoms in total. The smallest absolute Gasteiger partial charge is 0.316 e. The van der Waals surface area contributed by atoms with Crippen LogP contribution in [0.25, 0.3) is 0 Å². The number of aliphatic hydroxyl groups excluding tert-OH is 1. The van der Waals surface area contributed by atoms with Crippen LogP contribution in [0.15, 0.2) is 29.1 Å². The zero-order valence-corrected chi connectivity index (χ0v) is 14.2. The standard InChI is InChI=1S/C17H25NO5/c1-6-8-11(18-23-9-7-2)13-12(19)10-17(3,4)14(15(13)20)16(21)22-5/h7,14,20H,2,6,8-10H2,1,3-5H3/b18-11-/t14-/m0/s1. The highest BCUT2D eigenvalue weighted by Crippen LogP contribution is 2.42. The van der Waals surface area contributed by atoms with Gasteiger partial charge < -0.3 is 14.7 Å². The van der Waals surface area contributed by atoms with Crippen LogP contribution >= 0.6 is 0 Å². The number of methoxy groups -OCH3 is 1. The largest absolute Gasteiger partial charge is 0.511 e. The third-order valence-corrected chi connectivity index (χ3v) is 3.79. The lowest BCUT2D eigenvalue weighted by molar-refractivity contribution is -0.150. The molecule has 1 aliphatic rings. The van der Waals surface area contributed by atoms with Crippen LogP contribution in [0.5, 0.6) is 0 Å². The van der Waals surface area contributed by atoms with Gasteiger partial charge in [-0.05, 0) is 11.8 Å². The predicted octanol–water partition coefficient (Wildman–Crippen LogP) is 2.95. The molecule has 0 saturated heterocycles. The maximum Gasteiger partial charge on any atom is 0.316 e. The van der Waals surface area contributed by atoms with Gasteiger partial charge in [0, 0.05) is 6.42 Å². The van der Waals surface area contributed by atoms with E-state index in [9.17, 15) is 14.7 Å². The maximum atomic E-state index is 12.5. The Morgan fingerprint density at radius 3 is 2.70 bits per heavy atom. The number of hydrogen-bond donors (Lipinski definition) is 1. The van der Waals surface area contributed by atoms with E-state index >= 15 is 0 Å². The SMILES string of the molecule is C=CCO/N=C(/CCC)C1=C(O)[C@@H](C(=O)OC)C(C)(C)CC1=O. The lowest BCUT2D eigenvalue weighted by atomic mass is 9.67. The molecule has 0 aromatic carbocycles. The topological polar surface area (TPSA) is 85.2 Å². The molecule has 0 aromatic rings. The lowest BCUT2D eigenvalue weighted by Crippen LogP contribution is -2.41. The quantitative estimate of drug-likeness (QED) is 0.256. The van der Waals surface area contributed by atoms with E-state index in [1.165, 1.54) is 13.2 Å². The van der Waals surface area contributed by atoms with Gasteiger partial charge in [0.25, 0.3) is 0 Å². The van der Waals surface area contributed by atoms with Crippen molar-refractivity contribution in [3.05, 3.63) is 24.0 Å². The van der Waals surface area contributed by atoms with Crippen LogP contribution in [0.2, 0.25) is 0 Å². The van der Waals surface area contributed by atoms with Gasteiger partial charge >= 0.3 is 5.97 Å². The first-order valence-electron chi connectivity index (χ1n) is 7.64. The molecule has 0 amide bonds. The number of rotatable bonds is 7. The van der Waals surface area contributed by atoms with Crippen LogP contribution < -0.4 is 0 Å². The summed E-state index contributed by atoms with van der Waals surface area (Å²) in [7, 11) is 1.26. The summed E-state index contributed by atoms with van der Waals surface area (Å²) in [6, 6.07) is 0. The third kappa shape index (κ3) is 4.21. The summed E-state index contributed by atoms with van der Waals surface area (Å²) in [5.74, 6) is -2.00. The molecule has 1 atom stereocenters. The molecule has 6 heteroatoms.